The second-order valence-electron chi connectivity index (χ2n) is 6.00. The lowest BCUT2D eigenvalue weighted by Gasteiger charge is -2.03. The van der Waals surface area contributed by atoms with Crippen molar-refractivity contribution in [2.24, 2.45) is 0 Å². The molecule has 0 spiro atoms. The summed E-state index contributed by atoms with van der Waals surface area (Å²) in [6.45, 7) is 0.660. The number of rotatable bonds is 5. The van der Waals surface area contributed by atoms with Crippen molar-refractivity contribution in [3.8, 4) is 17.0 Å². The number of nitrogens with zero attached hydrogens (tertiary/aromatic N) is 4. The van der Waals surface area contributed by atoms with Gasteiger partial charge in [-0.15, -0.1) is 5.10 Å². The summed E-state index contributed by atoms with van der Waals surface area (Å²) in [5, 5.41) is 17.3. The number of aromatic hydroxyl groups is 1. The molecule has 0 aliphatic heterocycles. The first-order valence-corrected chi connectivity index (χ1v) is 8.65. The molecular weight excluding hydrogens is 369 g/mol. The van der Waals surface area contributed by atoms with E-state index in [2.05, 4.69) is 20.4 Å². The average molecular weight is 384 g/mol. The molecule has 0 amide bonds. The smallest absolute Gasteiger partial charge is 0.159 e. The first-order chi connectivity index (χ1) is 13.1. The van der Waals surface area contributed by atoms with Crippen LogP contribution in [0.4, 0.5) is 10.2 Å². The maximum Gasteiger partial charge on any atom is 0.159 e. The first kappa shape index (κ1) is 17.2. The maximum absolute atomic E-state index is 13.4. The number of aromatic nitrogens is 4. The fourth-order valence-electron chi connectivity index (χ4n) is 2.72. The minimum Gasteiger partial charge on any atom is -0.508 e. The second-order valence-corrected chi connectivity index (χ2v) is 6.39. The summed E-state index contributed by atoms with van der Waals surface area (Å²) < 4.78 is 14.9. The van der Waals surface area contributed by atoms with Crippen molar-refractivity contribution in [3.63, 3.8) is 0 Å². The van der Waals surface area contributed by atoms with Crippen LogP contribution in [-0.4, -0.2) is 31.2 Å². The highest BCUT2D eigenvalue weighted by atomic mass is 35.5. The third kappa shape index (κ3) is 3.83. The molecule has 136 valence electrons. The standard InChI is InChI=1S/C19H15ClFN5O/c20-17-8-16(13-7-14(21)11-22-10-13)24-19-9-18(25-26(17)19)23-6-5-12-1-3-15(27)4-2-12/h1-4,7-11,27H,5-6H2,(H,23,25). The molecule has 0 radical (unpaired) electrons. The van der Waals surface area contributed by atoms with Crippen LogP contribution in [0.2, 0.25) is 5.15 Å². The molecule has 0 atom stereocenters. The van der Waals surface area contributed by atoms with Crippen molar-refractivity contribution in [2.45, 2.75) is 6.42 Å². The molecule has 3 aromatic heterocycles. The van der Waals surface area contributed by atoms with Crippen LogP contribution in [0, 0.1) is 5.82 Å². The Bertz CT molecular complexity index is 1100. The van der Waals surface area contributed by atoms with Crippen LogP contribution < -0.4 is 5.32 Å². The number of phenols is 1. The molecule has 0 bridgehead atoms. The molecule has 0 aliphatic carbocycles. The topological polar surface area (TPSA) is 75.3 Å². The minimum absolute atomic E-state index is 0.247. The normalized spacial score (nSPS) is 11.0. The Hall–Kier alpha value is -3.19. The zero-order valence-corrected chi connectivity index (χ0v) is 14.9. The molecule has 3 heterocycles. The minimum atomic E-state index is -0.435. The Labute approximate surface area is 159 Å². The predicted octanol–water partition coefficient (Wildman–Crippen LogP) is 3.94. The lowest BCUT2D eigenvalue weighted by Crippen LogP contribution is -2.05. The summed E-state index contributed by atoms with van der Waals surface area (Å²) in [5.74, 6) is 0.449. The van der Waals surface area contributed by atoms with E-state index in [9.17, 15) is 9.50 Å². The molecule has 8 heteroatoms. The number of halogens is 2. The average Bonchev–Trinajstić information content (AvgIpc) is 3.07. The molecule has 27 heavy (non-hydrogen) atoms. The fourth-order valence-corrected chi connectivity index (χ4v) is 2.95. The predicted molar refractivity (Wildman–Crippen MR) is 101 cm³/mol. The zero-order chi connectivity index (χ0) is 18.8. The van der Waals surface area contributed by atoms with Gasteiger partial charge < -0.3 is 10.4 Å². The van der Waals surface area contributed by atoms with Crippen molar-refractivity contribution in [3.05, 3.63) is 71.4 Å². The van der Waals surface area contributed by atoms with Crippen LogP contribution in [0.3, 0.4) is 0 Å². The van der Waals surface area contributed by atoms with Crippen molar-refractivity contribution < 1.29 is 9.50 Å². The Morgan fingerprint density at radius 2 is 1.93 bits per heavy atom. The van der Waals surface area contributed by atoms with Crippen LogP contribution in [-0.2, 0) is 6.42 Å². The zero-order valence-electron chi connectivity index (χ0n) is 14.1. The maximum atomic E-state index is 13.4. The number of hydrogen-bond acceptors (Lipinski definition) is 5. The van der Waals surface area contributed by atoms with Gasteiger partial charge in [-0.2, -0.15) is 0 Å². The fraction of sp³-hybridized carbons (Fsp3) is 0.105. The van der Waals surface area contributed by atoms with Gasteiger partial charge >= 0.3 is 0 Å². The molecule has 2 N–H and O–H groups in total. The Morgan fingerprint density at radius 1 is 1.11 bits per heavy atom. The summed E-state index contributed by atoms with van der Waals surface area (Å²) in [7, 11) is 0. The molecule has 4 aromatic rings. The van der Waals surface area contributed by atoms with Crippen LogP contribution in [0.25, 0.3) is 16.9 Å². The van der Waals surface area contributed by atoms with E-state index in [1.807, 2.05) is 12.1 Å². The number of anilines is 1. The van der Waals surface area contributed by atoms with Crippen LogP contribution in [0.1, 0.15) is 5.56 Å². The van der Waals surface area contributed by atoms with E-state index in [0.29, 0.717) is 34.4 Å². The monoisotopic (exact) mass is 383 g/mol. The van der Waals surface area contributed by atoms with E-state index in [-0.39, 0.29) is 5.75 Å². The Morgan fingerprint density at radius 3 is 2.70 bits per heavy atom. The molecule has 1 aromatic carbocycles. The highest BCUT2D eigenvalue weighted by Gasteiger charge is 2.10. The van der Waals surface area contributed by atoms with Crippen molar-refractivity contribution in [2.75, 3.05) is 11.9 Å². The third-order valence-corrected chi connectivity index (χ3v) is 4.31. The van der Waals surface area contributed by atoms with Gasteiger partial charge in [0, 0.05) is 30.4 Å². The van der Waals surface area contributed by atoms with Gasteiger partial charge in [-0.05, 0) is 30.2 Å². The van der Waals surface area contributed by atoms with Gasteiger partial charge in [0.1, 0.15) is 16.7 Å². The van der Waals surface area contributed by atoms with E-state index < -0.39 is 5.82 Å². The van der Waals surface area contributed by atoms with Gasteiger partial charge in [0.25, 0.3) is 0 Å². The van der Waals surface area contributed by atoms with E-state index in [1.165, 1.54) is 16.8 Å². The summed E-state index contributed by atoms with van der Waals surface area (Å²) in [5.41, 5.74) is 2.72. The van der Waals surface area contributed by atoms with Crippen molar-refractivity contribution in [1.29, 1.82) is 0 Å². The molecule has 0 aliphatic rings. The number of hydrogen-bond donors (Lipinski definition) is 2. The van der Waals surface area contributed by atoms with Gasteiger partial charge in [0.15, 0.2) is 11.5 Å². The first-order valence-electron chi connectivity index (χ1n) is 8.27. The van der Waals surface area contributed by atoms with Crippen LogP contribution in [0.15, 0.2) is 54.9 Å². The molecule has 6 nitrogen and oxygen atoms in total. The summed E-state index contributed by atoms with van der Waals surface area (Å²) in [6.07, 6.45) is 3.44. The molecule has 0 unspecified atom stereocenters. The Balaban J connectivity index is 1.53. The molecular formula is C19H15ClFN5O. The van der Waals surface area contributed by atoms with E-state index in [4.69, 9.17) is 11.6 Å². The lowest BCUT2D eigenvalue weighted by atomic mass is 10.1. The van der Waals surface area contributed by atoms with Gasteiger partial charge in [0.2, 0.25) is 0 Å². The highest BCUT2D eigenvalue weighted by molar-refractivity contribution is 6.30. The van der Waals surface area contributed by atoms with Gasteiger partial charge in [0.05, 0.1) is 11.9 Å². The van der Waals surface area contributed by atoms with Crippen LogP contribution in [0.5, 0.6) is 5.75 Å². The number of nitrogens with one attached hydrogen (secondary N) is 1. The lowest BCUT2D eigenvalue weighted by molar-refractivity contribution is 0.475. The SMILES string of the molecule is Oc1ccc(CCNc2cc3nc(-c4cncc(F)c4)cc(Cl)n3n2)cc1. The van der Waals surface area contributed by atoms with Gasteiger partial charge in [-0.1, -0.05) is 23.7 Å². The third-order valence-electron chi connectivity index (χ3n) is 4.04. The quantitative estimate of drug-likeness (QED) is 0.510. The molecule has 0 saturated carbocycles. The molecule has 0 saturated heterocycles. The largest absolute Gasteiger partial charge is 0.508 e. The van der Waals surface area contributed by atoms with Crippen molar-refractivity contribution >= 4 is 23.1 Å². The summed E-state index contributed by atoms with van der Waals surface area (Å²) in [6, 6.07) is 11.8. The summed E-state index contributed by atoms with van der Waals surface area (Å²) in [4.78, 5) is 8.33. The number of benzene rings is 1. The Kier molecular flexibility index (Phi) is 4.60. The number of phenolic OH excluding ortho intramolecular Hbond substituents is 1. The second kappa shape index (κ2) is 7.20. The number of pyridine rings is 1. The number of fused-ring (bicyclic) bond motifs is 1. The van der Waals surface area contributed by atoms with E-state index in [1.54, 1.807) is 24.3 Å². The highest BCUT2D eigenvalue weighted by Crippen LogP contribution is 2.23. The van der Waals surface area contributed by atoms with Gasteiger partial charge in [-0.3, -0.25) is 4.98 Å². The van der Waals surface area contributed by atoms with Crippen molar-refractivity contribution in [1.82, 2.24) is 19.6 Å². The molecule has 4 rings (SSSR count). The van der Waals surface area contributed by atoms with Gasteiger partial charge in [-0.25, -0.2) is 13.9 Å². The van der Waals surface area contributed by atoms with E-state index >= 15 is 0 Å². The van der Waals surface area contributed by atoms with E-state index in [0.717, 1.165) is 18.2 Å². The molecule has 0 fully saturated rings. The summed E-state index contributed by atoms with van der Waals surface area (Å²) >= 11 is 6.30. The van der Waals surface area contributed by atoms with Crippen LogP contribution >= 0.6 is 11.6 Å².